The van der Waals surface area contributed by atoms with Crippen molar-refractivity contribution in [2.24, 2.45) is 20.8 Å². The van der Waals surface area contributed by atoms with Crippen molar-refractivity contribution in [1.82, 2.24) is 0 Å². The van der Waals surface area contributed by atoms with Crippen LogP contribution in [0.3, 0.4) is 0 Å². The molecule has 0 aliphatic carbocycles. The van der Waals surface area contributed by atoms with E-state index in [2.05, 4.69) is 30.5 Å². The third-order valence-electron chi connectivity index (χ3n) is 3.50. The molecule has 0 spiro atoms. The Balaban J connectivity index is 1.77. The van der Waals surface area contributed by atoms with E-state index < -0.39 is 6.16 Å². The lowest BCUT2D eigenvalue weighted by atomic mass is 10.2. The second-order valence-electron chi connectivity index (χ2n) is 6.74. The molecule has 2 aromatic carbocycles. The molecular formula is C21H26N4O5. The molecular weight excluding hydrogens is 388 g/mol. The highest BCUT2D eigenvalue weighted by Crippen LogP contribution is 2.21. The summed E-state index contributed by atoms with van der Waals surface area (Å²) in [6.07, 6.45) is -1.08. The van der Waals surface area contributed by atoms with Crippen LogP contribution in [0.2, 0.25) is 0 Å². The Hall–Kier alpha value is -3.49. The van der Waals surface area contributed by atoms with Gasteiger partial charge in [0.05, 0.1) is 25.3 Å². The second kappa shape index (κ2) is 12.2. The topological polar surface area (TPSA) is 103 Å². The molecule has 0 aliphatic heterocycles. The molecule has 0 N–H and O–H groups in total. The van der Waals surface area contributed by atoms with E-state index in [4.69, 9.17) is 9.47 Å². The van der Waals surface area contributed by atoms with Crippen molar-refractivity contribution in [2.45, 2.75) is 53.0 Å². The number of para-hydroxylation sites is 2. The number of carbonyl (C=O) groups is 1. The van der Waals surface area contributed by atoms with Gasteiger partial charge in [-0.3, -0.25) is 9.68 Å². The maximum absolute atomic E-state index is 11.5. The highest BCUT2D eigenvalue weighted by atomic mass is 16.9. The summed E-state index contributed by atoms with van der Waals surface area (Å²) in [6, 6.07) is 14.8. The van der Waals surface area contributed by atoms with Gasteiger partial charge >= 0.3 is 6.16 Å². The van der Waals surface area contributed by atoms with Crippen LogP contribution < -0.4 is 9.47 Å². The van der Waals surface area contributed by atoms with Gasteiger partial charge in [-0.05, 0) is 39.8 Å². The predicted molar refractivity (Wildman–Crippen MR) is 109 cm³/mol. The molecule has 0 aliphatic rings. The van der Waals surface area contributed by atoms with Crippen LogP contribution in [-0.4, -0.2) is 18.4 Å². The van der Waals surface area contributed by atoms with Crippen molar-refractivity contribution < 1.29 is 23.9 Å². The van der Waals surface area contributed by atoms with E-state index in [0.717, 1.165) is 11.1 Å². The molecule has 0 radical (unpaired) electrons. The van der Waals surface area contributed by atoms with Gasteiger partial charge in [-0.1, -0.05) is 36.4 Å². The second-order valence-corrected chi connectivity index (χ2v) is 6.74. The van der Waals surface area contributed by atoms with Crippen LogP contribution >= 0.6 is 0 Å². The first-order valence-corrected chi connectivity index (χ1v) is 9.56. The van der Waals surface area contributed by atoms with Crippen molar-refractivity contribution >= 4 is 6.16 Å². The third-order valence-corrected chi connectivity index (χ3v) is 3.50. The van der Waals surface area contributed by atoms with Gasteiger partial charge in [-0.15, -0.1) is 10.2 Å². The molecule has 0 fully saturated rings. The molecule has 0 bridgehead atoms. The Kier molecular flexibility index (Phi) is 9.23. The van der Waals surface area contributed by atoms with Crippen molar-refractivity contribution in [1.29, 1.82) is 0 Å². The molecule has 9 nitrogen and oxygen atoms in total. The lowest BCUT2D eigenvalue weighted by molar-refractivity contribution is 0.0455. The summed E-state index contributed by atoms with van der Waals surface area (Å²) < 4.78 is 11.4. The number of hydrogen-bond donors (Lipinski definition) is 0. The van der Waals surface area contributed by atoms with Crippen LogP contribution in [0.5, 0.6) is 11.5 Å². The van der Waals surface area contributed by atoms with Crippen molar-refractivity contribution in [2.75, 3.05) is 0 Å². The summed E-state index contributed by atoms with van der Waals surface area (Å²) in [7, 11) is 0. The quantitative estimate of drug-likeness (QED) is 0.358. The monoisotopic (exact) mass is 414 g/mol. The van der Waals surface area contributed by atoms with Crippen molar-refractivity contribution in [3.8, 4) is 11.5 Å². The summed E-state index contributed by atoms with van der Waals surface area (Å²) in [6.45, 7) is 8.10. The Labute approximate surface area is 175 Å². The molecule has 30 heavy (non-hydrogen) atoms. The number of ether oxygens (including phenoxy) is 2. The molecule has 0 aromatic heterocycles. The molecule has 2 aromatic rings. The van der Waals surface area contributed by atoms with Crippen LogP contribution in [0.15, 0.2) is 69.3 Å². The van der Waals surface area contributed by atoms with Gasteiger partial charge in [-0.25, -0.2) is 0 Å². The molecule has 0 saturated carbocycles. The van der Waals surface area contributed by atoms with Crippen molar-refractivity contribution in [3.05, 3.63) is 59.7 Å². The zero-order valence-corrected chi connectivity index (χ0v) is 17.5. The minimum Gasteiger partial charge on any atom is -0.491 e. The molecule has 2 rings (SSSR count). The van der Waals surface area contributed by atoms with Gasteiger partial charge in [0.1, 0.15) is 11.5 Å². The lowest BCUT2D eigenvalue weighted by Gasteiger charge is -2.12. The molecule has 9 heteroatoms. The van der Waals surface area contributed by atoms with E-state index in [1.54, 1.807) is 0 Å². The van der Waals surface area contributed by atoms with E-state index >= 15 is 0 Å². The van der Waals surface area contributed by atoms with Gasteiger partial charge in [0.15, 0.2) is 0 Å². The fourth-order valence-electron chi connectivity index (χ4n) is 2.36. The summed E-state index contributed by atoms with van der Waals surface area (Å²) in [5.41, 5.74) is 1.63. The Bertz CT molecular complexity index is 798. The average molecular weight is 414 g/mol. The van der Waals surface area contributed by atoms with Gasteiger partial charge < -0.3 is 9.47 Å². The first-order valence-electron chi connectivity index (χ1n) is 9.56. The van der Waals surface area contributed by atoms with Crippen LogP contribution in [0.1, 0.15) is 38.8 Å². The van der Waals surface area contributed by atoms with Crippen LogP contribution in [-0.2, 0) is 22.8 Å². The summed E-state index contributed by atoms with van der Waals surface area (Å²) in [5, 5.41) is 14.3. The zero-order chi connectivity index (χ0) is 21.8. The van der Waals surface area contributed by atoms with Crippen molar-refractivity contribution in [3.63, 3.8) is 0 Å². The minimum absolute atomic E-state index is 0.0311. The fraction of sp³-hybridized carbons (Fsp3) is 0.381. The average Bonchev–Trinajstić information content (AvgIpc) is 2.70. The van der Waals surface area contributed by atoms with E-state index in [9.17, 15) is 4.79 Å². The fourth-order valence-corrected chi connectivity index (χ4v) is 2.36. The highest BCUT2D eigenvalue weighted by molar-refractivity contribution is 5.58. The number of hydrogen-bond acceptors (Lipinski definition) is 9. The van der Waals surface area contributed by atoms with E-state index in [0.29, 0.717) is 11.5 Å². The third kappa shape index (κ3) is 8.26. The maximum atomic E-state index is 11.5. The number of benzene rings is 2. The number of carbonyl (C=O) groups excluding carboxylic acids is 1. The van der Waals surface area contributed by atoms with Gasteiger partial charge in [-0.2, -0.15) is 4.79 Å². The Morgan fingerprint density at radius 2 is 1.13 bits per heavy atom. The molecule has 0 amide bonds. The lowest BCUT2D eigenvalue weighted by Crippen LogP contribution is -2.07. The summed E-state index contributed by atoms with van der Waals surface area (Å²) in [5.74, 6) is 1.40. The predicted octanol–water partition coefficient (Wildman–Crippen LogP) is 5.85. The number of rotatable bonds is 10. The normalized spacial score (nSPS) is 11.4. The molecule has 0 atom stereocenters. The largest absolute Gasteiger partial charge is 0.565 e. The summed E-state index contributed by atoms with van der Waals surface area (Å²) >= 11 is 0. The van der Waals surface area contributed by atoms with Crippen LogP contribution in [0, 0.1) is 0 Å². The van der Waals surface area contributed by atoms with E-state index in [-0.39, 0.29) is 25.3 Å². The van der Waals surface area contributed by atoms with E-state index in [1.165, 1.54) is 0 Å². The molecule has 0 unspecified atom stereocenters. The smallest absolute Gasteiger partial charge is 0.491 e. The van der Waals surface area contributed by atoms with Crippen LogP contribution in [0.4, 0.5) is 4.79 Å². The molecule has 0 saturated heterocycles. The first-order chi connectivity index (χ1) is 14.5. The maximum Gasteiger partial charge on any atom is 0.565 e. The highest BCUT2D eigenvalue weighted by Gasteiger charge is 2.07. The Morgan fingerprint density at radius 1 is 0.733 bits per heavy atom. The minimum atomic E-state index is -1.14. The van der Waals surface area contributed by atoms with Gasteiger partial charge in [0, 0.05) is 21.7 Å². The van der Waals surface area contributed by atoms with Gasteiger partial charge in [0.25, 0.3) is 0 Å². The first kappa shape index (κ1) is 22.8. The standard InChI is InChI=1S/C21H26N4O5/c1-15(2)27-19-11-7-5-9-17(19)13-22-24-29-21(26)30-25-23-14-18-10-6-8-12-20(18)28-16(3)4/h5-12,15-16H,13-14H2,1-4H3. The SMILES string of the molecule is CC(C)Oc1ccccc1CN=NOC(=O)ON=NCc1ccccc1OC(C)C. The van der Waals surface area contributed by atoms with Gasteiger partial charge in [0.2, 0.25) is 0 Å². The zero-order valence-electron chi connectivity index (χ0n) is 17.5. The summed E-state index contributed by atoms with van der Waals surface area (Å²) in [4.78, 5) is 20.5. The van der Waals surface area contributed by atoms with Crippen LogP contribution in [0.25, 0.3) is 0 Å². The number of nitrogens with zero attached hydrogens (tertiary/aromatic N) is 4. The molecule has 0 heterocycles. The Morgan fingerprint density at radius 3 is 1.53 bits per heavy atom. The van der Waals surface area contributed by atoms with E-state index in [1.807, 2.05) is 76.2 Å². The molecule has 160 valence electrons.